The number of benzene rings is 3. The van der Waals surface area contributed by atoms with Crippen LogP contribution in [-0.4, -0.2) is 25.3 Å². The average molecular weight is 373 g/mol. The molecular formula is C23H23N3O2. The maximum atomic E-state index is 12.1. The standard InChI is InChI=1S/C23H23N3O2/c1-17(18-12-14-20(15-13-18)19-8-4-3-5-9-19)25-26-23(27)16-24-21-10-6-7-11-22(21)28-2/h3-15,24H,16H2,1-2H3,(H,26,27)/b25-17-. The van der Waals surface area contributed by atoms with Gasteiger partial charge < -0.3 is 10.1 Å². The Morgan fingerprint density at radius 1 is 0.893 bits per heavy atom. The van der Waals surface area contributed by atoms with Crippen LogP contribution in [0.1, 0.15) is 12.5 Å². The highest BCUT2D eigenvalue weighted by Gasteiger charge is 2.05. The van der Waals surface area contributed by atoms with E-state index in [4.69, 9.17) is 4.74 Å². The summed E-state index contributed by atoms with van der Waals surface area (Å²) in [7, 11) is 1.59. The molecule has 5 heteroatoms. The summed E-state index contributed by atoms with van der Waals surface area (Å²) >= 11 is 0. The van der Waals surface area contributed by atoms with Gasteiger partial charge in [-0.2, -0.15) is 5.10 Å². The van der Waals surface area contributed by atoms with E-state index in [2.05, 4.69) is 40.1 Å². The first-order valence-corrected chi connectivity index (χ1v) is 9.03. The first kappa shape index (κ1) is 19.2. The molecule has 3 aromatic carbocycles. The second kappa shape index (κ2) is 9.37. The fraction of sp³-hybridized carbons (Fsp3) is 0.130. The molecule has 2 N–H and O–H groups in total. The highest BCUT2D eigenvalue weighted by Crippen LogP contribution is 2.22. The zero-order chi connectivity index (χ0) is 19.8. The number of carbonyl (C=O) groups excluding carboxylic acids is 1. The van der Waals surface area contributed by atoms with Crippen LogP contribution < -0.4 is 15.5 Å². The van der Waals surface area contributed by atoms with E-state index >= 15 is 0 Å². The number of para-hydroxylation sites is 2. The van der Waals surface area contributed by atoms with Gasteiger partial charge in [0.05, 0.1) is 25.1 Å². The molecule has 0 radical (unpaired) electrons. The fourth-order valence-corrected chi connectivity index (χ4v) is 2.75. The molecular weight excluding hydrogens is 350 g/mol. The Morgan fingerprint density at radius 2 is 1.54 bits per heavy atom. The number of carbonyl (C=O) groups is 1. The van der Waals surface area contributed by atoms with Crippen LogP contribution in [0.25, 0.3) is 11.1 Å². The van der Waals surface area contributed by atoms with Crippen LogP contribution in [0.3, 0.4) is 0 Å². The van der Waals surface area contributed by atoms with Crippen molar-refractivity contribution in [2.45, 2.75) is 6.92 Å². The third kappa shape index (κ3) is 4.98. The molecule has 0 atom stereocenters. The van der Waals surface area contributed by atoms with E-state index in [1.165, 1.54) is 5.56 Å². The van der Waals surface area contributed by atoms with Crippen molar-refractivity contribution in [3.63, 3.8) is 0 Å². The third-order valence-corrected chi connectivity index (χ3v) is 4.30. The van der Waals surface area contributed by atoms with Gasteiger partial charge >= 0.3 is 0 Å². The van der Waals surface area contributed by atoms with Crippen molar-refractivity contribution in [1.29, 1.82) is 0 Å². The van der Waals surface area contributed by atoms with Crippen molar-refractivity contribution in [2.24, 2.45) is 5.10 Å². The lowest BCUT2D eigenvalue weighted by molar-refractivity contribution is -0.119. The Kier molecular flexibility index (Phi) is 6.41. The normalized spacial score (nSPS) is 11.0. The first-order chi connectivity index (χ1) is 13.7. The number of amides is 1. The van der Waals surface area contributed by atoms with Crippen LogP contribution in [0.5, 0.6) is 5.75 Å². The molecule has 0 aliphatic carbocycles. The predicted octanol–water partition coefficient (Wildman–Crippen LogP) is 4.31. The van der Waals surface area contributed by atoms with Crippen molar-refractivity contribution in [1.82, 2.24) is 5.43 Å². The number of hydrogen-bond acceptors (Lipinski definition) is 4. The molecule has 0 aromatic heterocycles. The van der Waals surface area contributed by atoms with Gasteiger partial charge in [0.25, 0.3) is 5.91 Å². The Morgan fingerprint density at radius 3 is 2.25 bits per heavy atom. The first-order valence-electron chi connectivity index (χ1n) is 9.03. The zero-order valence-corrected chi connectivity index (χ0v) is 16.0. The Bertz CT molecular complexity index is 951. The summed E-state index contributed by atoms with van der Waals surface area (Å²) in [5.74, 6) is 0.458. The van der Waals surface area contributed by atoms with E-state index in [-0.39, 0.29) is 12.5 Å². The molecule has 0 spiro atoms. The van der Waals surface area contributed by atoms with Gasteiger partial charge in [0.15, 0.2) is 0 Å². The van der Waals surface area contributed by atoms with Crippen molar-refractivity contribution < 1.29 is 9.53 Å². The summed E-state index contributed by atoms with van der Waals surface area (Å²) in [6.45, 7) is 1.97. The van der Waals surface area contributed by atoms with Gasteiger partial charge in [0.1, 0.15) is 5.75 Å². The molecule has 0 aliphatic rings. The summed E-state index contributed by atoms with van der Waals surface area (Å²) in [5, 5.41) is 7.24. The number of nitrogens with one attached hydrogen (secondary N) is 2. The monoisotopic (exact) mass is 373 g/mol. The molecule has 0 fully saturated rings. The second-order valence-corrected chi connectivity index (χ2v) is 6.23. The van der Waals surface area contributed by atoms with Crippen LogP contribution >= 0.6 is 0 Å². The van der Waals surface area contributed by atoms with E-state index in [9.17, 15) is 4.79 Å². The lowest BCUT2D eigenvalue weighted by Gasteiger charge is -2.10. The third-order valence-electron chi connectivity index (χ3n) is 4.30. The highest BCUT2D eigenvalue weighted by molar-refractivity contribution is 5.99. The minimum absolute atomic E-state index is 0.101. The lowest BCUT2D eigenvalue weighted by atomic mass is 10.0. The highest BCUT2D eigenvalue weighted by atomic mass is 16.5. The second-order valence-electron chi connectivity index (χ2n) is 6.23. The molecule has 3 rings (SSSR count). The number of hydrogen-bond donors (Lipinski definition) is 2. The number of hydrazone groups is 1. The zero-order valence-electron chi connectivity index (χ0n) is 16.0. The summed E-state index contributed by atoms with van der Waals surface area (Å²) in [5.41, 5.74) is 7.35. The van der Waals surface area contributed by atoms with Gasteiger partial charge in [-0.25, -0.2) is 5.43 Å². The quantitative estimate of drug-likeness (QED) is 0.479. The van der Waals surface area contributed by atoms with Gasteiger partial charge in [0.2, 0.25) is 0 Å². The predicted molar refractivity (Wildman–Crippen MR) is 114 cm³/mol. The van der Waals surface area contributed by atoms with Gasteiger partial charge in [-0.05, 0) is 35.7 Å². The van der Waals surface area contributed by atoms with E-state index in [0.29, 0.717) is 5.75 Å². The molecule has 3 aromatic rings. The summed E-state index contributed by atoms with van der Waals surface area (Å²) in [6, 6.07) is 25.7. The van der Waals surface area contributed by atoms with E-state index in [1.807, 2.05) is 61.5 Å². The van der Waals surface area contributed by atoms with Crippen LogP contribution in [0.2, 0.25) is 0 Å². The molecule has 0 heterocycles. The number of anilines is 1. The van der Waals surface area contributed by atoms with E-state index in [0.717, 1.165) is 22.5 Å². The lowest BCUT2D eigenvalue weighted by Crippen LogP contribution is -2.26. The van der Waals surface area contributed by atoms with Gasteiger partial charge in [-0.3, -0.25) is 4.79 Å². The number of nitrogens with zero attached hydrogens (tertiary/aromatic N) is 1. The van der Waals surface area contributed by atoms with Crippen molar-refractivity contribution in [3.8, 4) is 16.9 Å². The summed E-state index contributed by atoms with van der Waals surface area (Å²) in [6.07, 6.45) is 0. The summed E-state index contributed by atoms with van der Waals surface area (Å²) < 4.78 is 5.25. The van der Waals surface area contributed by atoms with E-state index in [1.54, 1.807) is 7.11 Å². The van der Waals surface area contributed by atoms with Gasteiger partial charge in [-0.15, -0.1) is 0 Å². The summed E-state index contributed by atoms with van der Waals surface area (Å²) in [4.78, 5) is 12.1. The van der Waals surface area contributed by atoms with Crippen LogP contribution in [0, 0.1) is 0 Å². The molecule has 142 valence electrons. The average Bonchev–Trinajstić information content (AvgIpc) is 2.77. The molecule has 28 heavy (non-hydrogen) atoms. The number of rotatable bonds is 7. The Labute approximate surface area is 165 Å². The minimum atomic E-state index is -0.230. The Hall–Kier alpha value is -3.60. The van der Waals surface area contributed by atoms with Crippen molar-refractivity contribution >= 4 is 17.3 Å². The SMILES string of the molecule is COc1ccccc1NCC(=O)N/N=C(/C)c1ccc(-c2ccccc2)cc1. The van der Waals surface area contributed by atoms with E-state index < -0.39 is 0 Å². The number of ether oxygens (including phenoxy) is 1. The van der Waals surface area contributed by atoms with Crippen LogP contribution in [0.15, 0.2) is 84.0 Å². The van der Waals surface area contributed by atoms with Crippen molar-refractivity contribution in [3.05, 3.63) is 84.4 Å². The fourth-order valence-electron chi connectivity index (χ4n) is 2.75. The maximum absolute atomic E-state index is 12.1. The molecule has 0 bridgehead atoms. The molecule has 1 amide bonds. The maximum Gasteiger partial charge on any atom is 0.259 e. The smallest absolute Gasteiger partial charge is 0.259 e. The van der Waals surface area contributed by atoms with Gasteiger partial charge in [-0.1, -0.05) is 66.7 Å². The molecule has 0 unspecified atom stereocenters. The molecule has 0 aliphatic heterocycles. The minimum Gasteiger partial charge on any atom is -0.495 e. The van der Waals surface area contributed by atoms with Crippen LogP contribution in [0.4, 0.5) is 5.69 Å². The molecule has 5 nitrogen and oxygen atoms in total. The topological polar surface area (TPSA) is 62.7 Å². The van der Waals surface area contributed by atoms with Crippen LogP contribution in [-0.2, 0) is 4.79 Å². The largest absolute Gasteiger partial charge is 0.495 e. The molecule has 0 saturated carbocycles. The number of methoxy groups -OCH3 is 1. The Balaban J connectivity index is 1.57. The van der Waals surface area contributed by atoms with Crippen molar-refractivity contribution in [2.75, 3.05) is 19.0 Å². The van der Waals surface area contributed by atoms with Gasteiger partial charge in [0, 0.05) is 0 Å². The molecule has 0 saturated heterocycles.